The molecule has 1 unspecified atom stereocenters. The molecule has 5 rings (SSSR count). The fourth-order valence-corrected chi connectivity index (χ4v) is 4.91. The van der Waals surface area contributed by atoms with Gasteiger partial charge in [0, 0.05) is 66.3 Å². The van der Waals surface area contributed by atoms with Crippen molar-refractivity contribution >= 4 is 0 Å². The first-order chi connectivity index (χ1) is 15.6. The number of rotatable bonds is 6. The van der Waals surface area contributed by atoms with Gasteiger partial charge >= 0.3 is 0 Å². The maximum atomic E-state index is 6.00. The van der Waals surface area contributed by atoms with Crippen LogP contribution in [0.15, 0.2) is 42.9 Å². The van der Waals surface area contributed by atoms with Gasteiger partial charge < -0.3 is 9.47 Å². The zero-order valence-electron chi connectivity index (χ0n) is 19.3. The van der Waals surface area contributed by atoms with Gasteiger partial charge in [0.1, 0.15) is 17.6 Å². The fraction of sp³-hybridized carbons (Fsp3) is 0.462. The minimum Gasteiger partial charge on any atom is -0.494 e. The number of hydrogen-bond donors (Lipinski definition) is 0. The van der Waals surface area contributed by atoms with E-state index in [1.165, 1.54) is 16.8 Å². The molecule has 0 radical (unpaired) electrons. The molecule has 0 aliphatic carbocycles. The number of benzene rings is 1. The molecule has 0 N–H and O–H groups in total. The van der Waals surface area contributed by atoms with Gasteiger partial charge in [0.15, 0.2) is 0 Å². The summed E-state index contributed by atoms with van der Waals surface area (Å²) in [7, 11) is 1.94. The van der Waals surface area contributed by atoms with E-state index in [-0.39, 0.29) is 6.10 Å². The Bertz CT molecular complexity index is 1070. The Kier molecular flexibility index (Phi) is 5.87. The average molecular weight is 433 g/mol. The summed E-state index contributed by atoms with van der Waals surface area (Å²) in [5.74, 6) is 2.56. The van der Waals surface area contributed by atoms with Crippen molar-refractivity contribution in [2.45, 2.75) is 51.7 Å². The van der Waals surface area contributed by atoms with Crippen LogP contribution in [0.25, 0.3) is 11.1 Å². The molecule has 1 atom stereocenters. The highest BCUT2D eigenvalue weighted by atomic mass is 16.5. The van der Waals surface area contributed by atoms with E-state index < -0.39 is 0 Å². The summed E-state index contributed by atoms with van der Waals surface area (Å²) in [5, 5.41) is 4.26. The Hall–Kier alpha value is -2.86. The van der Waals surface area contributed by atoms with Gasteiger partial charge in [0.2, 0.25) is 0 Å². The molecule has 1 fully saturated rings. The first-order valence-electron chi connectivity index (χ1n) is 11.7. The number of piperidine rings is 1. The number of ether oxygens (including phenoxy) is 2. The van der Waals surface area contributed by atoms with Crippen LogP contribution in [-0.4, -0.2) is 45.5 Å². The molecule has 0 saturated carbocycles. The van der Waals surface area contributed by atoms with Crippen LogP contribution in [0.5, 0.6) is 11.5 Å². The molecule has 1 aromatic carbocycles. The van der Waals surface area contributed by atoms with Gasteiger partial charge in [-0.2, -0.15) is 5.10 Å². The average Bonchev–Trinajstić information content (AvgIpc) is 3.39. The van der Waals surface area contributed by atoms with Gasteiger partial charge in [0.25, 0.3) is 0 Å². The third kappa shape index (κ3) is 4.37. The molecule has 6 nitrogen and oxygen atoms in total. The van der Waals surface area contributed by atoms with Crippen molar-refractivity contribution in [1.29, 1.82) is 0 Å². The molecular weight excluding hydrogens is 400 g/mol. The monoisotopic (exact) mass is 432 g/mol. The van der Waals surface area contributed by atoms with Gasteiger partial charge in [-0.05, 0) is 58.0 Å². The van der Waals surface area contributed by atoms with Crippen molar-refractivity contribution in [3.05, 3.63) is 59.7 Å². The number of likely N-dealkylation sites (tertiary alicyclic amines) is 1. The Balaban J connectivity index is 1.22. The second-order valence-corrected chi connectivity index (χ2v) is 9.06. The summed E-state index contributed by atoms with van der Waals surface area (Å²) in [4.78, 5) is 7.32. The zero-order valence-corrected chi connectivity index (χ0v) is 19.3. The Morgan fingerprint density at radius 2 is 1.97 bits per heavy atom. The summed E-state index contributed by atoms with van der Waals surface area (Å²) in [6, 6.07) is 8.76. The van der Waals surface area contributed by atoms with Crippen molar-refractivity contribution < 1.29 is 9.47 Å². The molecule has 168 valence electrons. The Morgan fingerprint density at radius 1 is 1.12 bits per heavy atom. The highest BCUT2D eigenvalue weighted by molar-refractivity contribution is 5.60. The zero-order chi connectivity index (χ0) is 22.1. The topological polar surface area (TPSA) is 52.4 Å². The second-order valence-electron chi connectivity index (χ2n) is 9.06. The van der Waals surface area contributed by atoms with Gasteiger partial charge in [-0.3, -0.25) is 14.6 Å². The molecule has 32 heavy (non-hydrogen) atoms. The number of aryl methyl sites for hydroxylation is 1. The van der Waals surface area contributed by atoms with E-state index in [1.807, 2.05) is 37.2 Å². The van der Waals surface area contributed by atoms with E-state index in [9.17, 15) is 0 Å². The fourth-order valence-electron chi connectivity index (χ4n) is 4.91. The van der Waals surface area contributed by atoms with Crippen molar-refractivity contribution in [2.24, 2.45) is 7.05 Å². The lowest BCUT2D eigenvalue weighted by atomic mass is 9.92. The molecule has 2 aromatic heterocycles. The van der Waals surface area contributed by atoms with Crippen molar-refractivity contribution in [3.63, 3.8) is 0 Å². The Labute approximate surface area is 190 Å². The van der Waals surface area contributed by atoms with E-state index in [4.69, 9.17) is 14.5 Å². The van der Waals surface area contributed by atoms with E-state index in [1.54, 1.807) is 0 Å². The highest BCUT2D eigenvalue weighted by Crippen LogP contribution is 2.36. The van der Waals surface area contributed by atoms with E-state index in [0.717, 1.165) is 61.5 Å². The molecule has 1 saturated heterocycles. The summed E-state index contributed by atoms with van der Waals surface area (Å²) in [6.45, 7) is 7.90. The van der Waals surface area contributed by atoms with Crippen molar-refractivity contribution in [3.8, 4) is 22.6 Å². The van der Waals surface area contributed by atoms with Crippen LogP contribution in [0.2, 0.25) is 0 Å². The SMILES string of the molecule is CCOc1cc2c(cc1CN1CCC(c3ccc(-c4cnn(C)c4)cn3)CC1)OC(C)C2. The van der Waals surface area contributed by atoms with Crippen LogP contribution >= 0.6 is 0 Å². The third-order valence-corrected chi connectivity index (χ3v) is 6.60. The molecule has 6 heteroatoms. The van der Waals surface area contributed by atoms with Gasteiger partial charge in [-0.15, -0.1) is 0 Å². The van der Waals surface area contributed by atoms with Gasteiger partial charge in [0.05, 0.1) is 12.8 Å². The first-order valence-corrected chi connectivity index (χ1v) is 11.7. The molecule has 0 amide bonds. The summed E-state index contributed by atoms with van der Waals surface area (Å²) in [6.07, 6.45) is 9.37. The lowest BCUT2D eigenvalue weighted by Crippen LogP contribution is -2.32. The van der Waals surface area contributed by atoms with Crippen LogP contribution in [0.4, 0.5) is 0 Å². The number of nitrogens with zero attached hydrogens (tertiary/aromatic N) is 4. The van der Waals surface area contributed by atoms with Crippen LogP contribution in [0.1, 0.15) is 49.4 Å². The summed E-state index contributed by atoms with van der Waals surface area (Å²) >= 11 is 0. The standard InChI is InChI=1S/C26H32N4O2/c1-4-31-25-12-21-11-18(2)32-26(21)13-22(25)17-30-9-7-19(8-10-30)24-6-5-20(14-27-24)23-15-28-29(3)16-23/h5-6,12-16,18-19H,4,7-11,17H2,1-3H3. The minimum atomic E-state index is 0.252. The molecule has 0 spiro atoms. The van der Waals surface area contributed by atoms with Crippen molar-refractivity contribution in [2.75, 3.05) is 19.7 Å². The number of pyridine rings is 1. The maximum Gasteiger partial charge on any atom is 0.124 e. The van der Waals surface area contributed by atoms with Gasteiger partial charge in [-0.25, -0.2) is 0 Å². The molecule has 2 aliphatic rings. The normalized spacial score (nSPS) is 19.0. The lowest BCUT2D eigenvalue weighted by Gasteiger charge is -2.32. The molecule has 3 aromatic rings. The van der Waals surface area contributed by atoms with E-state index in [0.29, 0.717) is 12.5 Å². The smallest absolute Gasteiger partial charge is 0.124 e. The lowest BCUT2D eigenvalue weighted by molar-refractivity contribution is 0.199. The third-order valence-electron chi connectivity index (χ3n) is 6.60. The minimum absolute atomic E-state index is 0.252. The summed E-state index contributed by atoms with van der Waals surface area (Å²) < 4.78 is 13.8. The van der Waals surface area contributed by atoms with Gasteiger partial charge in [-0.1, -0.05) is 6.07 Å². The van der Waals surface area contributed by atoms with Crippen LogP contribution in [0.3, 0.4) is 0 Å². The van der Waals surface area contributed by atoms with Crippen LogP contribution < -0.4 is 9.47 Å². The maximum absolute atomic E-state index is 6.00. The quantitative estimate of drug-likeness (QED) is 0.571. The number of fused-ring (bicyclic) bond motifs is 1. The molecule has 0 bridgehead atoms. The highest BCUT2D eigenvalue weighted by Gasteiger charge is 2.25. The van der Waals surface area contributed by atoms with Crippen LogP contribution in [-0.2, 0) is 20.0 Å². The predicted octanol–water partition coefficient (Wildman–Crippen LogP) is 4.58. The Morgan fingerprint density at radius 3 is 2.66 bits per heavy atom. The number of aromatic nitrogens is 3. The molecule has 2 aliphatic heterocycles. The van der Waals surface area contributed by atoms with E-state index >= 15 is 0 Å². The molecule has 4 heterocycles. The first kappa shape index (κ1) is 21.0. The van der Waals surface area contributed by atoms with Crippen molar-refractivity contribution in [1.82, 2.24) is 19.7 Å². The second kappa shape index (κ2) is 8.94. The molecular formula is C26H32N4O2. The van der Waals surface area contributed by atoms with E-state index in [2.05, 4.69) is 41.2 Å². The number of hydrogen-bond acceptors (Lipinski definition) is 5. The summed E-state index contributed by atoms with van der Waals surface area (Å²) in [5.41, 5.74) is 5.93. The largest absolute Gasteiger partial charge is 0.494 e. The predicted molar refractivity (Wildman–Crippen MR) is 125 cm³/mol. The van der Waals surface area contributed by atoms with Crippen LogP contribution in [0, 0.1) is 0 Å².